The van der Waals surface area contributed by atoms with Crippen LogP contribution in [0, 0.1) is 11.3 Å². The summed E-state index contributed by atoms with van der Waals surface area (Å²) in [6.45, 7) is 0. The summed E-state index contributed by atoms with van der Waals surface area (Å²) in [5, 5.41) is 11.9. The second-order valence-corrected chi connectivity index (χ2v) is 17.5. The molecule has 8 aromatic carbocycles. The maximum absolute atomic E-state index is 15.4. The van der Waals surface area contributed by atoms with Crippen molar-refractivity contribution in [2.75, 3.05) is 0 Å². The molecule has 0 spiro atoms. The number of hydrogen-bond acceptors (Lipinski definition) is 1. The van der Waals surface area contributed by atoms with Gasteiger partial charge in [-0.15, -0.1) is 0 Å². The van der Waals surface area contributed by atoms with Crippen LogP contribution in [0.2, 0.25) is 0 Å². The third-order valence-corrected chi connectivity index (χ3v) is 12.9. The molecule has 0 aliphatic heterocycles. The molecule has 0 aliphatic rings. The lowest BCUT2D eigenvalue weighted by Crippen LogP contribution is -2.15. The van der Waals surface area contributed by atoms with E-state index in [9.17, 15) is 57.9 Å². The van der Waals surface area contributed by atoms with Crippen LogP contribution in [0.4, 0.5) is 79.0 Å². The Kier molecular flexibility index (Phi) is 11.6. The molecule has 386 valence electrons. The van der Waals surface area contributed by atoms with E-state index in [1.165, 1.54) is 77.4 Å². The highest BCUT2D eigenvalue weighted by atomic mass is 19.4. The van der Waals surface area contributed by atoms with Crippen molar-refractivity contribution >= 4 is 43.6 Å². The van der Waals surface area contributed by atoms with E-state index in [-0.39, 0.29) is 61.5 Å². The van der Waals surface area contributed by atoms with E-state index >= 15 is 26.3 Å². The largest absolute Gasteiger partial charge is 0.417 e. The van der Waals surface area contributed by atoms with Gasteiger partial charge in [-0.3, -0.25) is 0 Å². The van der Waals surface area contributed by atoms with Gasteiger partial charge in [-0.25, -0.2) is 0 Å². The summed E-state index contributed by atoms with van der Waals surface area (Å²) in [5.41, 5.74) is -16.3. The fourth-order valence-electron chi connectivity index (χ4n) is 9.61. The first kappa shape index (κ1) is 51.1. The highest BCUT2D eigenvalue weighted by Crippen LogP contribution is 2.50. The first-order valence-electron chi connectivity index (χ1n) is 22.0. The summed E-state index contributed by atoms with van der Waals surface area (Å²) in [5.74, 6) is 0. The van der Waals surface area contributed by atoms with Crippen molar-refractivity contribution in [1.82, 2.24) is 9.13 Å². The third-order valence-electron chi connectivity index (χ3n) is 12.9. The van der Waals surface area contributed by atoms with Gasteiger partial charge in [0.25, 0.3) is 0 Å². The Bertz CT molecular complexity index is 3940. The van der Waals surface area contributed by atoms with Crippen LogP contribution < -0.4 is 0 Å². The Morgan fingerprint density at radius 2 is 0.684 bits per heavy atom. The minimum atomic E-state index is -5.56. The number of rotatable bonds is 5. The number of hydrogen-bond donors (Lipinski definition) is 0. The number of nitrogens with zero attached hydrogens (tertiary/aromatic N) is 3. The predicted molar refractivity (Wildman–Crippen MR) is 246 cm³/mol. The molecule has 0 radical (unpaired) electrons. The van der Waals surface area contributed by atoms with Crippen LogP contribution in [0.15, 0.2) is 152 Å². The van der Waals surface area contributed by atoms with Crippen LogP contribution in [-0.4, -0.2) is 9.13 Å². The topological polar surface area (TPSA) is 33.6 Å². The fourth-order valence-corrected chi connectivity index (χ4v) is 9.61. The molecular formula is C55H25F18N3. The summed E-state index contributed by atoms with van der Waals surface area (Å²) in [6, 6.07) is 25.3. The lowest BCUT2D eigenvalue weighted by molar-refractivity contribution is -0.144. The Morgan fingerprint density at radius 1 is 0.316 bits per heavy atom. The number of aromatic nitrogens is 2. The van der Waals surface area contributed by atoms with Gasteiger partial charge >= 0.3 is 37.1 Å². The van der Waals surface area contributed by atoms with Gasteiger partial charge in [-0.05, 0) is 107 Å². The molecule has 21 heteroatoms. The molecule has 0 aliphatic carbocycles. The molecule has 10 aromatic rings. The van der Waals surface area contributed by atoms with Crippen molar-refractivity contribution in [3.63, 3.8) is 0 Å². The second kappa shape index (κ2) is 17.3. The number of nitriles is 1. The molecule has 0 fully saturated rings. The molecule has 0 atom stereocenters. The zero-order valence-electron chi connectivity index (χ0n) is 37.6. The monoisotopic (exact) mass is 1070 g/mol. The molecule has 0 unspecified atom stereocenters. The summed E-state index contributed by atoms with van der Waals surface area (Å²) < 4.78 is 264. The number of para-hydroxylation sites is 2. The predicted octanol–water partition coefficient (Wildman–Crippen LogP) is 18.9. The van der Waals surface area contributed by atoms with Gasteiger partial charge in [-0.1, -0.05) is 66.7 Å². The van der Waals surface area contributed by atoms with Crippen molar-refractivity contribution in [2.24, 2.45) is 0 Å². The number of halogens is 18. The molecule has 0 amide bonds. The Labute approximate surface area is 414 Å². The Balaban J connectivity index is 1.35. The second-order valence-electron chi connectivity index (χ2n) is 17.5. The lowest BCUT2D eigenvalue weighted by Gasteiger charge is -2.24. The van der Waals surface area contributed by atoms with Crippen LogP contribution in [0.3, 0.4) is 0 Å². The van der Waals surface area contributed by atoms with Crippen molar-refractivity contribution < 1.29 is 79.0 Å². The van der Waals surface area contributed by atoms with Gasteiger partial charge in [0, 0.05) is 32.7 Å². The molecule has 76 heavy (non-hydrogen) atoms. The fraction of sp³-hybridized carbons (Fsp3) is 0.109. The van der Waals surface area contributed by atoms with Crippen LogP contribution >= 0.6 is 0 Å². The van der Waals surface area contributed by atoms with Gasteiger partial charge < -0.3 is 9.13 Å². The van der Waals surface area contributed by atoms with Crippen LogP contribution in [0.5, 0.6) is 0 Å². The maximum atomic E-state index is 15.4. The summed E-state index contributed by atoms with van der Waals surface area (Å²) in [7, 11) is 0. The zero-order valence-corrected chi connectivity index (χ0v) is 37.6. The van der Waals surface area contributed by atoms with Crippen LogP contribution in [0.1, 0.15) is 38.9 Å². The minimum Gasteiger partial charge on any atom is -0.309 e. The van der Waals surface area contributed by atoms with Crippen molar-refractivity contribution in [3.8, 4) is 50.8 Å². The minimum absolute atomic E-state index is 0.0198. The molecule has 0 bridgehead atoms. The van der Waals surface area contributed by atoms with E-state index in [1.54, 1.807) is 0 Å². The number of benzene rings is 8. The van der Waals surface area contributed by atoms with Crippen molar-refractivity contribution in [2.45, 2.75) is 37.1 Å². The van der Waals surface area contributed by atoms with Gasteiger partial charge in [-0.2, -0.15) is 84.3 Å². The maximum Gasteiger partial charge on any atom is 0.417 e. The zero-order chi connectivity index (χ0) is 54.8. The Morgan fingerprint density at radius 3 is 1.05 bits per heavy atom. The average Bonchev–Trinajstić information content (AvgIpc) is 3.95. The van der Waals surface area contributed by atoms with Crippen molar-refractivity contribution in [3.05, 3.63) is 191 Å². The molecule has 0 N–H and O–H groups in total. The van der Waals surface area contributed by atoms with Gasteiger partial charge in [0.1, 0.15) is 6.07 Å². The quantitative estimate of drug-likeness (QED) is 0.158. The molecule has 2 aromatic heterocycles. The Hall–Kier alpha value is -8.41. The smallest absolute Gasteiger partial charge is 0.309 e. The molecular weight excluding hydrogens is 1040 g/mol. The van der Waals surface area contributed by atoms with E-state index in [4.69, 9.17) is 0 Å². The highest BCUT2D eigenvalue weighted by molar-refractivity contribution is 6.12. The van der Waals surface area contributed by atoms with Gasteiger partial charge in [0.15, 0.2) is 0 Å². The third kappa shape index (κ3) is 8.88. The van der Waals surface area contributed by atoms with Crippen LogP contribution in [-0.2, 0) is 37.1 Å². The van der Waals surface area contributed by atoms with E-state index in [0.717, 1.165) is 28.8 Å². The summed E-state index contributed by atoms with van der Waals surface area (Å²) >= 11 is 0. The normalized spacial score (nSPS) is 13.1. The summed E-state index contributed by atoms with van der Waals surface area (Å²) in [4.78, 5) is 0. The standard InChI is InChI=1S/C55H25F18N3/c56-50(57,58)32-16-29(17-33(23-32)51(59,60)61)27-12-14-38-36-6-1-3-10-43(36)75(46(38)20-27)45-25-40(49-41(54(68,69)70)8-5-9-42(49)55(71,72)73)48(22-31(45)26-74)76-44-11-4-2-7-37(44)39-15-13-28(21-47(39)76)30-18-34(52(62,63)64)24-35(19-30)53(65,66)67/h1-25H. The molecule has 0 saturated heterocycles. The average molecular weight is 1070 g/mol. The van der Waals surface area contributed by atoms with E-state index in [0.29, 0.717) is 47.9 Å². The van der Waals surface area contributed by atoms with Gasteiger partial charge in [0.05, 0.1) is 72.4 Å². The molecule has 2 heterocycles. The van der Waals surface area contributed by atoms with Crippen LogP contribution in [0.25, 0.3) is 88.4 Å². The van der Waals surface area contributed by atoms with E-state index in [1.807, 2.05) is 6.07 Å². The highest BCUT2D eigenvalue weighted by Gasteiger charge is 2.43. The number of fused-ring (bicyclic) bond motifs is 6. The first-order chi connectivity index (χ1) is 35.4. The summed E-state index contributed by atoms with van der Waals surface area (Å²) in [6.07, 6.45) is -32.3. The SMILES string of the molecule is N#Cc1cc(-n2c3ccccc3c3ccc(-c4cc(C(F)(F)F)cc(C(F)(F)F)c4)cc32)c(-c2c(C(F)(F)F)cccc2C(F)(F)F)cc1-n1c2ccccc2c2ccc(-c3cc(C(F)(F)F)cc(C(F)(F)F)c3)cc21. The molecule has 3 nitrogen and oxygen atoms in total. The van der Waals surface area contributed by atoms with E-state index < -0.39 is 110 Å². The first-order valence-corrected chi connectivity index (χ1v) is 22.0. The van der Waals surface area contributed by atoms with Crippen molar-refractivity contribution in [1.29, 1.82) is 5.26 Å². The van der Waals surface area contributed by atoms with Gasteiger partial charge in [0.2, 0.25) is 0 Å². The van der Waals surface area contributed by atoms with E-state index in [2.05, 4.69) is 0 Å². The molecule has 0 saturated carbocycles. The molecule has 10 rings (SSSR count). The number of alkyl halides is 18. The lowest BCUT2D eigenvalue weighted by atomic mass is 9.90.